The molecule has 0 amide bonds. The highest BCUT2D eigenvalue weighted by molar-refractivity contribution is 7.92. The number of carboxylic acid groups (broad SMARTS) is 1. The fraction of sp³-hybridized carbons (Fsp3) is 0. The molecule has 1 heterocycles. The number of nitrogens with one attached hydrogen (secondary N) is 1. The second-order valence-electron chi connectivity index (χ2n) is 6.12. The fourth-order valence-electron chi connectivity index (χ4n) is 2.73. The van der Waals surface area contributed by atoms with Crippen LogP contribution in [0.4, 0.5) is 5.69 Å². The Morgan fingerprint density at radius 2 is 1.76 bits per heavy atom. The highest BCUT2D eigenvalue weighted by Crippen LogP contribution is 2.31. The lowest BCUT2D eigenvalue weighted by Gasteiger charge is -2.10. The predicted molar refractivity (Wildman–Crippen MR) is 114 cm³/mol. The number of hydrogen-bond donors (Lipinski definition) is 2. The lowest BCUT2D eigenvalue weighted by molar-refractivity contribution is 0.0697. The topological polar surface area (TPSA) is 96.4 Å². The second-order valence-corrected chi connectivity index (χ2v) is 9.24. The molecule has 0 bridgehead atoms. The zero-order chi connectivity index (χ0) is 20.6. The van der Waals surface area contributed by atoms with E-state index in [0.717, 1.165) is 26.9 Å². The normalized spacial score (nSPS) is 11.5. The number of thiazole rings is 1. The quantitative estimate of drug-likeness (QED) is 0.445. The van der Waals surface area contributed by atoms with Crippen LogP contribution in [0.5, 0.6) is 0 Å². The molecule has 0 saturated carbocycles. The Labute approximate surface area is 175 Å². The Bertz CT molecular complexity index is 1300. The molecule has 9 heteroatoms. The fourth-order valence-corrected chi connectivity index (χ4v) is 4.98. The first kappa shape index (κ1) is 19.4. The van der Waals surface area contributed by atoms with E-state index < -0.39 is 16.0 Å². The van der Waals surface area contributed by atoms with Gasteiger partial charge >= 0.3 is 5.97 Å². The average molecular weight is 445 g/mol. The van der Waals surface area contributed by atoms with Crippen molar-refractivity contribution >= 4 is 54.8 Å². The van der Waals surface area contributed by atoms with Crippen molar-refractivity contribution in [2.75, 3.05) is 4.72 Å². The number of benzene rings is 3. The molecule has 0 aliphatic carbocycles. The van der Waals surface area contributed by atoms with Crippen molar-refractivity contribution in [3.05, 3.63) is 77.3 Å². The molecular weight excluding hydrogens is 432 g/mol. The molecule has 3 aromatic carbocycles. The van der Waals surface area contributed by atoms with Gasteiger partial charge in [-0.3, -0.25) is 4.72 Å². The van der Waals surface area contributed by atoms with Gasteiger partial charge in [0.15, 0.2) is 0 Å². The summed E-state index contributed by atoms with van der Waals surface area (Å²) >= 11 is 7.36. The highest BCUT2D eigenvalue weighted by atomic mass is 35.5. The van der Waals surface area contributed by atoms with Crippen molar-refractivity contribution in [1.29, 1.82) is 0 Å². The summed E-state index contributed by atoms with van der Waals surface area (Å²) in [4.78, 5) is 15.6. The Hall–Kier alpha value is -2.94. The van der Waals surface area contributed by atoms with E-state index in [1.807, 2.05) is 24.3 Å². The van der Waals surface area contributed by atoms with Gasteiger partial charge in [0.1, 0.15) is 5.01 Å². The first-order chi connectivity index (χ1) is 13.8. The van der Waals surface area contributed by atoms with Crippen LogP contribution in [0.15, 0.2) is 71.6 Å². The third-order valence-corrected chi connectivity index (χ3v) is 6.95. The molecule has 6 nitrogen and oxygen atoms in total. The minimum Gasteiger partial charge on any atom is -0.478 e. The van der Waals surface area contributed by atoms with Gasteiger partial charge < -0.3 is 5.11 Å². The third kappa shape index (κ3) is 3.95. The molecule has 1 aromatic heterocycles. The molecule has 146 valence electrons. The number of fused-ring (bicyclic) bond motifs is 1. The number of halogens is 1. The molecule has 29 heavy (non-hydrogen) atoms. The number of sulfonamides is 1. The number of aromatic carboxylic acids is 1. The second kappa shape index (κ2) is 7.47. The van der Waals surface area contributed by atoms with Crippen LogP contribution in [0.2, 0.25) is 5.02 Å². The van der Waals surface area contributed by atoms with Gasteiger partial charge in [-0.2, -0.15) is 0 Å². The minimum absolute atomic E-state index is 0.0309. The summed E-state index contributed by atoms with van der Waals surface area (Å²) in [6.07, 6.45) is 0. The van der Waals surface area contributed by atoms with Crippen molar-refractivity contribution in [3.63, 3.8) is 0 Å². The molecule has 0 fully saturated rings. The smallest absolute Gasteiger partial charge is 0.337 e. The molecule has 0 spiro atoms. The number of rotatable bonds is 5. The van der Waals surface area contributed by atoms with E-state index in [9.17, 15) is 13.2 Å². The lowest BCUT2D eigenvalue weighted by Crippen LogP contribution is -2.14. The van der Waals surface area contributed by atoms with Gasteiger partial charge in [0, 0.05) is 11.3 Å². The van der Waals surface area contributed by atoms with E-state index in [2.05, 4.69) is 9.71 Å². The first-order valence-electron chi connectivity index (χ1n) is 8.35. The predicted octanol–water partition coefficient (Wildman–Crippen LogP) is 5.12. The van der Waals surface area contributed by atoms with Gasteiger partial charge in [0.05, 0.1) is 25.7 Å². The molecule has 2 N–H and O–H groups in total. The van der Waals surface area contributed by atoms with Crippen molar-refractivity contribution in [3.8, 4) is 10.6 Å². The van der Waals surface area contributed by atoms with Crippen LogP contribution in [0.3, 0.4) is 0 Å². The summed E-state index contributed by atoms with van der Waals surface area (Å²) in [6.45, 7) is 0. The van der Waals surface area contributed by atoms with Crippen LogP contribution >= 0.6 is 22.9 Å². The summed E-state index contributed by atoms with van der Waals surface area (Å²) in [6, 6.07) is 18.2. The number of carbonyl (C=O) groups is 1. The molecule has 0 atom stereocenters. The van der Waals surface area contributed by atoms with Gasteiger partial charge in [-0.05, 0) is 54.6 Å². The highest BCUT2D eigenvalue weighted by Gasteiger charge is 2.19. The van der Waals surface area contributed by atoms with Crippen LogP contribution in [-0.4, -0.2) is 24.5 Å². The molecular formula is C20H13ClN2O4S2. The number of para-hydroxylation sites is 1. The summed E-state index contributed by atoms with van der Waals surface area (Å²) in [5, 5.41) is 9.94. The van der Waals surface area contributed by atoms with E-state index in [4.69, 9.17) is 16.7 Å². The van der Waals surface area contributed by atoms with E-state index in [1.165, 1.54) is 12.1 Å². The minimum atomic E-state index is -3.97. The first-order valence-corrected chi connectivity index (χ1v) is 11.0. The van der Waals surface area contributed by atoms with Crippen molar-refractivity contribution in [2.45, 2.75) is 4.90 Å². The summed E-state index contributed by atoms with van der Waals surface area (Å²) in [5.74, 6) is -1.30. The van der Waals surface area contributed by atoms with Gasteiger partial charge in [-0.25, -0.2) is 18.2 Å². The van der Waals surface area contributed by atoms with Crippen LogP contribution in [-0.2, 0) is 10.0 Å². The van der Waals surface area contributed by atoms with Crippen LogP contribution in [0, 0.1) is 0 Å². The van der Waals surface area contributed by atoms with E-state index >= 15 is 0 Å². The SMILES string of the molecule is O=C(O)c1cc(S(=O)(=O)Nc2ccc(-c3nc4ccccc4s3)cc2)ccc1Cl. The largest absolute Gasteiger partial charge is 0.478 e. The maximum atomic E-state index is 12.6. The number of nitrogens with zero attached hydrogens (tertiary/aromatic N) is 1. The zero-order valence-corrected chi connectivity index (χ0v) is 17.1. The van der Waals surface area contributed by atoms with Crippen LogP contribution in [0.1, 0.15) is 10.4 Å². The Morgan fingerprint density at radius 3 is 2.45 bits per heavy atom. The molecule has 0 radical (unpaired) electrons. The van der Waals surface area contributed by atoms with Crippen molar-refractivity contribution < 1.29 is 18.3 Å². The standard InChI is InChI=1S/C20H13ClN2O4S2/c21-16-10-9-14(11-15(16)20(24)25)29(26,27)23-13-7-5-12(6-8-13)19-22-17-3-1-2-4-18(17)28-19/h1-11,23H,(H,24,25). The Balaban J connectivity index is 1.59. The average Bonchev–Trinajstić information content (AvgIpc) is 3.12. The third-order valence-electron chi connectivity index (χ3n) is 4.16. The lowest BCUT2D eigenvalue weighted by atomic mass is 10.2. The van der Waals surface area contributed by atoms with Gasteiger partial charge in [0.2, 0.25) is 0 Å². The molecule has 4 aromatic rings. The summed E-state index contributed by atoms with van der Waals surface area (Å²) < 4.78 is 28.7. The molecule has 0 unspecified atom stereocenters. The van der Waals surface area contributed by atoms with Crippen molar-refractivity contribution in [1.82, 2.24) is 4.98 Å². The van der Waals surface area contributed by atoms with Crippen LogP contribution < -0.4 is 4.72 Å². The van der Waals surface area contributed by atoms with Crippen molar-refractivity contribution in [2.24, 2.45) is 0 Å². The van der Waals surface area contributed by atoms with Gasteiger partial charge in [-0.1, -0.05) is 23.7 Å². The maximum absolute atomic E-state index is 12.6. The summed E-state index contributed by atoms with van der Waals surface area (Å²) in [7, 11) is -3.97. The molecule has 4 rings (SSSR count). The Morgan fingerprint density at radius 1 is 1.03 bits per heavy atom. The van der Waals surface area contributed by atoms with E-state index in [0.29, 0.717) is 5.69 Å². The number of carboxylic acids is 1. The molecule has 0 saturated heterocycles. The van der Waals surface area contributed by atoms with E-state index in [-0.39, 0.29) is 15.5 Å². The van der Waals surface area contributed by atoms with Gasteiger partial charge in [-0.15, -0.1) is 11.3 Å². The Kier molecular flexibility index (Phi) is 4.99. The molecule has 0 aliphatic rings. The number of anilines is 1. The van der Waals surface area contributed by atoms with Gasteiger partial charge in [0.25, 0.3) is 10.0 Å². The maximum Gasteiger partial charge on any atom is 0.337 e. The zero-order valence-electron chi connectivity index (χ0n) is 14.7. The molecule has 0 aliphatic heterocycles. The number of aromatic nitrogens is 1. The number of hydrogen-bond acceptors (Lipinski definition) is 5. The van der Waals surface area contributed by atoms with Crippen LogP contribution in [0.25, 0.3) is 20.8 Å². The van der Waals surface area contributed by atoms with E-state index in [1.54, 1.807) is 35.6 Å². The monoisotopic (exact) mass is 444 g/mol. The summed E-state index contributed by atoms with van der Waals surface area (Å²) in [5.41, 5.74) is 1.85.